The minimum atomic E-state index is 0.302. The van der Waals surface area contributed by atoms with Crippen LogP contribution in [-0.2, 0) is 0 Å². The molecule has 2 heterocycles. The van der Waals surface area contributed by atoms with Crippen molar-refractivity contribution in [3.05, 3.63) is 0 Å². The van der Waals surface area contributed by atoms with Gasteiger partial charge < -0.3 is 9.80 Å². The average Bonchev–Trinajstić information content (AvgIpc) is 2.27. The van der Waals surface area contributed by atoms with Crippen molar-refractivity contribution in [3.8, 4) is 0 Å². The quantitative estimate of drug-likeness (QED) is 0.751. The summed E-state index contributed by atoms with van der Waals surface area (Å²) in [5, 5.41) is 0. The third kappa shape index (κ3) is 2.65. The van der Waals surface area contributed by atoms with Gasteiger partial charge in [0.25, 0.3) is 0 Å². The molecule has 104 valence electrons. The number of guanidine groups is 1. The lowest BCUT2D eigenvalue weighted by Crippen LogP contribution is -2.55. The van der Waals surface area contributed by atoms with Gasteiger partial charge in [0.2, 0.25) is 0 Å². The van der Waals surface area contributed by atoms with Gasteiger partial charge in [-0.2, -0.15) is 0 Å². The standard InChI is InChI=1S/C15H29N3/c1-14(2,3)15(4,5)12-18-11-7-10-17-9-6-8-16-13(17)18/h6-12H2,1-5H3. The van der Waals surface area contributed by atoms with E-state index in [2.05, 4.69) is 44.4 Å². The van der Waals surface area contributed by atoms with Crippen LogP contribution in [0.4, 0.5) is 0 Å². The average molecular weight is 251 g/mol. The van der Waals surface area contributed by atoms with Gasteiger partial charge in [-0.25, -0.2) is 0 Å². The fourth-order valence-corrected chi connectivity index (χ4v) is 2.57. The predicted molar refractivity (Wildman–Crippen MR) is 77.9 cm³/mol. The summed E-state index contributed by atoms with van der Waals surface area (Å²) in [5.74, 6) is 1.27. The van der Waals surface area contributed by atoms with Crippen molar-refractivity contribution < 1.29 is 0 Å². The molecule has 18 heavy (non-hydrogen) atoms. The van der Waals surface area contributed by atoms with Gasteiger partial charge >= 0.3 is 0 Å². The molecule has 3 heteroatoms. The normalized spacial score (nSPS) is 21.7. The summed E-state index contributed by atoms with van der Waals surface area (Å²) in [4.78, 5) is 9.77. The lowest BCUT2D eigenvalue weighted by molar-refractivity contribution is 0.0832. The molecule has 2 aliphatic rings. The first-order valence-electron chi connectivity index (χ1n) is 7.36. The second-order valence-corrected chi connectivity index (χ2v) is 7.43. The Balaban J connectivity index is 2.11. The van der Waals surface area contributed by atoms with E-state index < -0.39 is 0 Å². The Bertz CT molecular complexity index is 325. The highest BCUT2D eigenvalue weighted by molar-refractivity contribution is 5.81. The number of hydrogen-bond donors (Lipinski definition) is 0. The van der Waals surface area contributed by atoms with Gasteiger partial charge in [-0.05, 0) is 23.7 Å². The minimum absolute atomic E-state index is 0.302. The van der Waals surface area contributed by atoms with Gasteiger partial charge in [-0.15, -0.1) is 0 Å². The van der Waals surface area contributed by atoms with E-state index in [1.54, 1.807) is 0 Å². The maximum absolute atomic E-state index is 4.77. The van der Waals surface area contributed by atoms with Crippen LogP contribution in [0.3, 0.4) is 0 Å². The highest BCUT2D eigenvalue weighted by atomic mass is 15.4. The third-order valence-corrected chi connectivity index (χ3v) is 4.88. The molecule has 0 atom stereocenters. The molecule has 0 aromatic heterocycles. The number of nitrogens with zero attached hydrogens (tertiary/aromatic N) is 3. The largest absolute Gasteiger partial charge is 0.343 e. The maximum atomic E-state index is 4.77. The van der Waals surface area contributed by atoms with Gasteiger partial charge in [0.15, 0.2) is 5.96 Å². The van der Waals surface area contributed by atoms with E-state index in [1.165, 1.54) is 38.4 Å². The van der Waals surface area contributed by atoms with Crippen molar-refractivity contribution in [3.63, 3.8) is 0 Å². The molecule has 2 rings (SSSR count). The molecule has 0 unspecified atom stereocenters. The lowest BCUT2D eigenvalue weighted by atomic mass is 9.69. The van der Waals surface area contributed by atoms with Crippen LogP contribution in [0.5, 0.6) is 0 Å². The van der Waals surface area contributed by atoms with Crippen molar-refractivity contribution in [2.45, 2.75) is 47.5 Å². The van der Waals surface area contributed by atoms with Crippen molar-refractivity contribution in [2.24, 2.45) is 15.8 Å². The molecule has 0 aliphatic carbocycles. The smallest absolute Gasteiger partial charge is 0.196 e. The molecular weight excluding hydrogens is 222 g/mol. The van der Waals surface area contributed by atoms with E-state index in [-0.39, 0.29) is 0 Å². The Hall–Kier alpha value is -0.730. The SMILES string of the molecule is CC(C)(C)C(C)(C)CN1CCCN2CCCN=C21. The van der Waals surface area contributed by atoms with E-state index in [4.69, 9.17) is 4.99 Å². The first-order chi connectivity index (χ1) is 8.31. The molecule has 0 bridgehead atoms. The van der Waals surface area contributed by atoms with Gasteiger partial charge in [-0.1, -0.05) is 34.6 Å². The summed E-state index contributed by atoms with van der Waals surface area (Å²) >= 11 is 0. The number of aliphatic imine (C=N–C) groups is 1. The Morgan fingerprint density at radius 1 is 1.00 bits per heavy atom. The Labute approximate surface area is 112 Å². The maximum Gasteiger partial charge on any atom is 0.196 e. The molecule has 0 N–H and O–H groups in total. The molecule has 0 aromatic carbocycles. The molecule has 0 amide bonds. The van der Waals surface area contributed by atoms with E-state index in [9.17, 15) is 0 Å². The molecule has 3 nitrogen and oxygen atoms in total. The van der Waals surface area contributed by atoms with Crippen LogP contribution in [-0.4, -0.2) is 48.5 Å². The predicted octanol–water partition coefficient (Wildman–Crippen LogP) is 2.83. The van der Waals surface area contributed by atoms with Crippen LogP contribution >= 0.6 is 0 Å². The van der Waals surface area contributed by atoms with Crippen molar-refractivity contribution >= 4 is 5.96 Å². The van der Waals surface area contributed by atoms with Crippen LogP contribution in [0.25, 0.3) is 0 Å². The molecule has 0 saturated carbocycles. The molecular formula is C15H29N3. The van der Waals surface area contributed by atoms with E-state index in [0.717, 1.165) is 13.1 Å². The molecule has 0 aromatic rings. The zero-order valence-electron chi connectivity index (χ0n) is 12.8. The molecule has 1 fully saturated rings. The zero-order valence-corrected chi connectivity index (χ0v) is 12.8. The van der Waals surface area contributed by atoms with Crippen LogP contribution < -0.4 is 0 Å². The fourth-order valence-electron chi connectivity index (χ4n) is 2.57. The summed E-state index contributed by atoms with van der Waals surface area (Å²) in [5.41, 5.74) is 0.625. The monoisotopic (exact) mass is 251 g/mol. The first-order valence-corrected chi connectivity index (χ1v) is 7.36. The second-order valence-electron chi connectivity index (χ2n) is 7.43. The minimum Gasteiger partial charge on any atom is -0.343 e. The Morgan fingerprint density at radius 2 is 1.67 bits per heavy atom. The topological polar surface area (TPSA) is 18.8 Å². The highest BCUT2D eigenvalue weighted by Crippen LogP contribution is 2.39. The Morgan fingerprint density at radius 3 is 2.33 bits per heavy atom. The zero-order chi connectivity index (χ0) is 13.4. The van der Waals surface area contributed by atoms with Gasteiger partial charge in [0, 0.05) is 32.7 Å². The van der Waals surface area contributed by atoms with E-state index in [1.807, 2.05) is 0 Å². The van der Waals surface area contributed by atoms with E-state index in [0.29, 0.717) is 10.8 Å². The summed E-state index contributed by atoms with van der Waals surface area (Å²) < 4.78 is 0. The van der Waals surface area contributed by atoms with Gasteiger partial charge in [-0.3, -0.25) is 4.99 Å². The third-order valence-electron chi connectivity index (χ3n) is 4.88. The summed E-state index contributed by atoms with van der Waals surface area (Å²) in [6, 6.07) is 0. The lowest BCUT2D eigenvalue weighted by Gasteiger charge is -2.47. The van der Waals surface area contributed by atoms with Gasteiger partial charge in [0.1, 0.15) is 0 Å². The molecule has 2 aliphatic heterocycles. The van der Waals surface area contributed by atoms with Crippen LogP contribution in [0, 0.1) is 10.8 Å². The summed E-state index contributed by atoms with van der Waals surface area (Å²) in [7, 11) is 0. The van der Waals surface area contributed by atoms with Crippen molar-refractivity contribution in [1.29, 1.82) is 0 Å². The second kappa shape index (κ2) is 4.75. The number of fused-ring (bicyclic) bond motifs is 1. The van der Waals surface area contributed by atoms with Crippen LogP contribution in [0.2, 0.25) is 0 Å². The number of hydrogen-bond acceptors (Lipinski definition) is 3. The molecule has 1 saturated heterocycles. The molecule has 0 spiro atoms. The first kappa shape index (κ1) is 13.7. The highest BCUT2D eigenvalue weighted by Gasteiger charge is 2.37. The van der Waals surface area contributed by atoms with Crippen LogP contribution in [0.1, 0.15) is 47.5 Å². The summed E-state index contributed by atoms with van der Waals surface area (Å²) in [6.45, 7) is 17.5. The van der Waals surface area contributed by atoms with Crippen molar-refractivity contribution in [1.82, 2.24) is 9.80 Å². The molecule has 0 radical (unpaired) electrons. The fraction of sp³-hybridized carbons (Fsp3) is 0.933. The number of rotatable bonds is 2. The Kier molecular flexibility index (Phi) is 3.61. The van der Waals surface area contributed by atoms with E-state index >= 15 is 0 Å². The van der Waals surface area contributed by atoms with Crippen LogP contribution in [0.15, 0.2) is 4.99 Å². The van der Waals surface area contributed by atoms with Crippen molar-refractivity contribution in [2.75, 3.05) is 32.7 Å². The summed E-state index contributed by atoms with van der Waals surface area (Å²) in [6.07, 6.45) is 2.50. The van der Waals surface area contributed by atoms with Gasteiger partial charge in [0.05, 0.1) is 0 Å².